The number of H-pyrrole nitrogens is 1. The topological polar surface area (TPSA) is 40.7 Å². The maximum Gasteiger partial charge on any atom is 0.134 e. The van der Waals surface area contributed by atoms with Crippen LogP contribution in [0, 0.1) is 0 Å². The number of aromatic nitrogens is 2. The van der Waals surface area contributed by atoms with Crippen molar-refractivity contribution in [3.63, 3.8) is 0 Å². The molecule has 0 unspecified atom stereocenters. The van der Waals surface area contributed by atoms with E-state index >= 15 is 0 Å². The number of alkyl halides is 1. The molecule has 0 saturated carbocycles. The molecule has 1 aliphatic heterocycles. The third kappa shape index (κ3) is 1.03. The number of hydrogen-bond donors (Lipinski definition) is 2. The minimum atomic E-state index is -0.453. The van der Waals surface area contributed by atoms with E-state index in [9.17, 15) is 4.39 Å². The predicted octanol–water partition coefficient (Wildman–Crippen LogP) is 0.525. The first kappa shape index (κ1) is 6.79. The molecule has 3 nitrogen and oxygen atoms in total. The van der Waals surface area contributed by atoms with Gasteiger partial charge in [0.05, 0.1) is 11.4 Å². The van der Waals surface area contributed by atoms with Crippen LogP contribution in [0.25, 0.3) is 0 Å². The van der Waals surface area contributed by atoms with Gasteiger partial charge in [-0.15, -0.1) is 0 Å². The summed E-state index contributed by atoms with van der Waals surface area (Å²) in [5.74, 6) is 0. The van der Waals surface area contributed by atoms with Crippen molar-refractivity contribution in [3.8, 4) is 0 Å². The molecule has 1 aliphatic rings. The van der Waals surface area contributed by atoms with E-state index in [0.717, 1.165) is 30.8 Å². The molecule has 0 fully saturated rings. The summed E-state index contributed by atoms with van der Waals surface area (Å²) >= 11 is 0. The molecule has 2 heterocycles. The number of aromatic amines is 1. The second-order valence-electron chi connectivity index (χ2n) is 2.69. The van der Waals surface area contributed by atoms with Gasteiger partial charge in [0.15, 0.2) is 0 Å². The van der Waals surface area contributed by atoms with E-state index in [0.29, 0.717) is 5.69 Å². The van der Waals surface area contributed by atoms with Gasteiger partial charge in [-0.1, -0.05) is 0 Å². The molecule has 0 atom stereocenters. The zero-order chi connectivity index (χ0) is 7.68. The van der Waals surface area contributed by atoms with Crippen molar-refractivity contribution in [1.82, 2.24) is 15.5 Å². The Kier molecular flexibility index (Phi) is 1.62. The molecular formula is C7H10FN3. The van der Waals surface area contributed by atoms with E-state index in [4.69, 9.17) is 0 Å². The van der Waals surface area contributed by atoms with E-state index in [2.05, 4.69) is 15.5 Å². The fraction of sp³-hybridized carbons (Fsp3) is 0.571. The molecule has 60 valence electrons. The molecule has 0 spiro atoms. The van der Waals surface area contributed by atoms with E-state index in [1.54, 1.807) is 0 Å². The fourth-order valence-electron chi connectivity index (χ4n) is 1.42. The number of nitrogens with one attached hydrogen (secondary N) is 2. The Morgan fingerprint density at radius 3 is 3.27 bits per heavy atom. The highest BCUT2D eigenvalue weighted by Gasteiger charge is 2.15. The summed E-state index contributed by atoms with van der Waals surface area (Å²) in [4.78, 5) is 0. The SMILES string of the molecule is FCc1n[nH]c2c1CCNC2. The van der Waals surface area contributed by atoms with Crippen LogP contribution in [-0.4, -0.2) is 16.7 Å². The molecule has 0 aliphatic carbocycles. The van der Waals surface area contributed by atoms with Crippen molar-refractivity contribution in [3.05, 3.63) is 17.0 Å². The number of hydrogen-bond acceptors (Lipinski definition) is 2. The number of halogens is 1. The minimum Gasteiger partial charge on any atom is -0.311 e. The maximum atomic E-state index is 12.2. The second kappa shape index (κ2) is 2.62. The van der Waals surface area contributed by atoms with Gasteiger partial charge >= 0.3 is 0 Å². The molecule has 0 amide bonds. The van der Waals surface area contributed by atoms with Gasteiger partial charge in [-0.3, -0.25) is 5.10 Å². The third-order valence-electron chi connectivity index (χ3n) is 2.02. The Morgan fingerprint density at radius 2 is 2.45 bits per heavy atom. The van der Waals surface area contributed by atoms with Gasteiger partial charge in [-0.2, -0.15) is 5.10 Å². The quantitative estimate of drug-likeness (QED) is 0.621. The third-order valence-corrected chi connectivity index (χ3v) is 2.02. The standard InChI is InChI=1S/C7H10FN3/c8-3-6-5-1-2-9-4-7(5)11-10-6/h9H,1-4H2,(H,10,11). The first-order valence-electron chi connectivity index (χ1n) is 3.73. The van der Waals surface area contributed by atoms with Crippen molar-refractivity contribution < 1.29 is 4.39 Å². The highest BCUT2D eigenvalue weighted by molar-refractivity contribution is 5.26. The van der Waals surface area contributed by atoms with Gasteiger partial charge in [0.2, 0.25) is 0 Å². The van der Waals surface area contributed by atoms with Crippen LogP contribution in [0.5, 0.6) is 0 Å². The molecule has 0 bridgehead atoms. The van der Waals surface area contributed by atoms with Crippen molar-refractivity contribution in [2.45, 2.75) is 19.6 Å². The zero-order valence-corrected chi connectivity index (χ0v) is 6.15. The van der Waals surface area contributed by atoms with Crippen LogP contribution in [0.3, 0.4) is 0 Å². The molecule has 0 aromatic carbocycles. The number of rotatable bonds is 1. The average molecular weight is 155 g/mol. The van der Waals surface area contributed by atoms with E-state index in [-0.39, 0.29) is 0 Å². The largest absolute Gasteiger partial charge is 0.311 e. The fourth-order valence-corrected chi connectivity index (χ4v) is 1.42. The summed E-state index contributed by atoms with van der Waals surface area (Å²) in [5, 5.41) is 9.89. The van der Waals surface area contributed by atoms with Crippen LogP contribution in [0.1, 0.15) is 17.0 Å². The van der Waals surface area contributed by atoms with E-state index in [1.807, 2.05) is 0 Å². The molecular weight excluding hydrogens is 145 g/mol. The van der Waals surface area contributed by atoms with Crippen molar-refractivity contribution in [1.29, 1.82) is 0 Å². The lowest BCUT2D eigenvalue weighted by Crippen LogP contribution is -2.23. The van der Waals surface area contributed by atoms with Crippen LogP contribution in [0.4, 0.5) is 4.39 Å². The molecule has 2 N–H and O–H groups in total. The number of fused-ring (bicyclic) bond motifs is 1. The average Bonchev–Trinajstić information content (AvgIpc) is 2.47. The second-order valence-corrected chi connectivity index (χ2v) is 2.69. The first-order valence-corrected chi connectivity index (χ1v) is 3.73. The van der Waals surface area contributed by atoms with Gasteiger partial charge in [0.25, 0.3) is 0 Å². The monoisotopic (exact) mass is 155 g/mol. The van der Waals surface area contributed by atoms with Crippen LogP contribution in [0.2, 0.25) is 0 Å². The van der Waals surface area contributed by atoms with E-state index < -0.39 is 6.67 Å². The molecule has 11 heavy (non-hydrogen) atoms. The summed E-state index contributed by atoms with van der Waals surface area (Å²) in [6.07, 6.45) is 0.894. The lowest BCUT2D eigenvalue weighted by molar-refractivity contribution is 0.471. The Bertz CT molecular complexity index is 243. The van der Waals surface area contributed by atoms with Crippen molar-refractivity contribution in [2.75, 3.05) is 6.54 Å². The van der Waals surface area contributed by atoms with Gasteiger partial charge in [-0.05, 0) is 13.0 Å². The molecule has 1 aromatic heterocycles. The van der Waals surface area contributed by atoms with Crippen molar-refractivity contribution in [2.24, 2.45) is 0 Å². The minimum absolute atomic E-state index is 0.453. The smallest absolute Gasteiger partial charge is 0.134 e. The Labute approximate surface area is 64.0 Å². The highest BCUT2D eigenvalue weighted by Crippen LogP contribution is 2.15. The van der Waals surface area contributed by atoms with Crippen LogP contribution in [-0.2, 0) is 19.6 Å². The Morgan fingerprint density at radius 1 is 1.55 bits per heavy atom. The lowest BCUT2D eigenvalue weighted by Gasteiger charge is -2.11. The Balaban J connectivity index is 2.38. The predicted molar refractivity (Wildman–Crippen MR) is 38.8 cm³/mol. The van der Waals surface area contributed by atoms with Gasteiger partial charge < -0.3 is 5.32 Å². The lowest BCUT2D eigenvalue weighted by atomic mass is 10.1. The summed E-state index contributed by atoms with van der Waals surface area (Å²) in [5.41, 5.74) is 2.71. The normalized spacial score (nSPS) is 16.5. The van der Waals surface area contributed by atoms with E-state index in [1.165, 1.54) is 0 Å². The molecule has 0 saturated heterocycles. The van der Waals surface area contributed by atoms with Gasteiger partial charge in [0.1, 0.15) is 6.67 Å². The summed E-state index contributed by atoms with van der Waals surface area (Å²) in [7, 11) is 0. The number of nitrogens with zero attached hydrogens (tertiary/aromatic N) is 1. The first-order chi connectivity index (χ1) is 5.42. The zero-order valence-electron chi connectivity index (χ0n) is 6.15. The van der Waals surface area contributed by atoms with Gasteiger partial charge in [-0.25, -0.2) is 4.39 Å². The Hall–Kier alpha value is -0.900. The summed E-state index contributed by atoms with van der Waals surface area (Å²) < 4.78 is 12.2. The highest BCUT2D eigenvalue weighted by atomic mass is 19.1. The van der Waals surface area contributed by atoms with Crippen LogP contribution in [0.15, 0.2) is 0 Å². The molecule has 1 aromatic rings. The van der Waals surface area contributed by atoms with Crippen LogP contribution < -0.4 is 5.32 Å². The summed E-state index contributed by atoms with van der Waals surface area (Å²) in [6, 6.07) is 0. The molecule has 4 heteroatoms. The molecule has 0 radical (unpaired) electrons. The van der Waals surface area contributed by atoms with Crippen LogP contribution >= 0.6 is 0 Å². The molecule has 2 rings (SSSR count). The van der Waals surface area contributed by atoms with Gasteiger partial charge in [0, 0.05) is 12.1 Å². The van der Waals surface area contributed by atoms with Crippen molar-refractivity contribution >= 4 is 0 Å². The maximum absolute atomic E-state index is 12.2. The summed E-state index contributed by atoms with van der Waals surface area (Å²) in [6.45, 7) is 1.27.